The molecule has 420 valence electrons. The highest BCUT2D eigenvalue weighted by atomic mass is 16.6. The van der Waals surface area contributed by atoms with Crippen molar-refractivity contribution in [3.05, 3.63) is 48.6 Å². The first kappa shape index (κ1) is 69.4. The maximum Gasteiger partial charge on any atom is 0.306 e. The van der Waals surface area contributed by atoms with Gasteiger partial charge in [0.15, 0.2) is 6.10 Å². The van der Waals surface area contributed by atoms with Gasteiger partial charge < -0.3 is 14.2 Å². The summed E-state index contributed by atoms with van der Waals surface area (Å²) in [5, 5.41) is 0. The van der Waals surface area contributed by atoms with E-state index in [9.17, 15) is 14.4 Å². The van der Waals surface area contributed by atoms with Gasteiger partial charge >= 0.3 is 17.9 Å². The summed E-state index contributed by atoms with van der Waals surface area (Å²) in [7, 11) is 0. The van der Waals surface area contributed by atoms with E-state index < -0.39 is 6.10 Å². The maximum absolute atomic E-state index is 12.9. The predicted molar refractivity (Wildman–Crippen MR) is 312 cm³/mol. The summed E-state index contributed by atoms with van der Waals surface area (Å²) in [5.74, 6) is -0.867. The van der Waals surface area contributed by atoms with Gasteiger partial charge in [0.25, 0.3) is 0 Å². The average Bonchev–Trinajstić information content (AvgIpc) is 3.38. The molecule has 1 atom stereocenters. The second kappa shape index (κ2) is 60.9. The molecule has 0 saturated heterocycles. The topological polar surface area (TPSA) is 78.9 Å². The van der Waals surface area contributed by atoms with E-state index in [0.29, 0.717) is 19.3 Å². The van der Waals surface area contributed by atoms with Crippen molar-refractivity contribution in [2.24, 2.45) is 0 Å². The molecule has 6 nitrogen and oxygen atoms in total. The largest absolute Gasteiger partial charge is 0.462 e. The number of allylic oxidation sites excluding steroid dienone is 8. The van der Waals surface area contributed by atoms with Crippen LogP contribution >= 0.6 is 0 Å². The van der Waals surface area contributed by atoms with Crippen LogP contribution in [0.1, 0.15) is 335 Å². The number of unbranched alkanes of at least 4 members (excludes halogenated alkanes) is 39. The van der Waals surface area contributed by atoms with Gasteiger partial charge in [-0.2, -0.15) is 0 Å². The molecule has 0 spiro atoms. The Hall–Kier alpha value is -2.63. The minimum absolute atomic E-state index is 0.0731. The molecular formula is C66H120O6. The number of rotatable bonds is 58. The number of hydrogen-bond donors (Lipinski definition) is 0. The number of carbonyl (C=O) groups excluding carboxylic acids is 3. The van der Waals surface area contributed by atoms with Gasteiger partial charge in [0.2, 0.25) is 0 Å². The van der Waals surface area contributed by atoms with Crippen molar-refractivity contribution in [2.45, 2.75) is 341 Å². The monoisotopic (exact) mass is 1010 g/mol. The van der Waals surface area contributed by atoms with Gasteiger partial charge in [-0.15, -0.1) is 0 Å². The standard InChI is InChI=1S/C66H120O6/c1-4-7-10-13-16-19-22-24-26-28-30-32-33-35-36-38-40-42-44-47-50-53-56-59-65(68)71-62-63(61-70-64(67)58-55-52-49-46-21-18-15-12-9-6-3)72-66(69)60-57-54-51-48-45-43-41-39-37-34-31-29-27-25-23-20-17-14-11-8-5-2/h22,24,28-31,33,35,63H,4-21,23,25-27,32,34,36-62H2,1-3H3/b24-22-,30-28-,31-29-,35-33-. The molecule has 0 radical (unpaired) electrons. The summed E-state index contributed by atoms with van der Waals surface area (Å²) in [6.45, 7) is 6.65. The minimum atomic E-state index is -0.775. The van der Waals surface area contributed by atoms with Crippen LogP contribution < -0.4 is 0 Å². The molecule has 0 aromatic heterocycles. The van der Waals surface area contributed by atoms with Crippen LogP contribution in [0.15, 0.2) is 48.6 Å². The van der Waals surface area contributed by atoms with Crippen molar-refractivity contribution in [1.82, 2.24) is 0 Å². The van der Waals surface area contributed by atoms with E-state index in [2.05, 4.69) is 69.4 Å². The highest BCUT2D eigenvalue weighted by molar-refractivity contribution is 5.71. The van der Waals surface area contributed by atoms with Gasteiger partial charge in [-0.05, 0) is 83.5 Å². The van der Waals surface area contributed by atoms with Crippen LogP contribution in [0.25, 0.3) is 0 Å². The molecule has 0 aromatic carbocycles. The average molecular weight is 1010 g/mol. The molecule has 0 fully saturated rings. The number of carbonyl (C=O) groups is 3. The third-order valence-corrected chi connectivity index (χ3v) is 14.1. The summed E-state index contributed by atoms with van der Waals surface area (Å²) >= 11 is 0. The first-order valence-electron chi connectivity index (χ1n) is 31.6. The van der Waals surface area contributed by atoms with Crippen molar-refractivity contribution in [1.29, 1.82) is 0 Å². The SMILES string of the molecule is CCCCCCC/C=C\C/C=C\C/C=C\CCCCCCCCCCC(=O)OCC(COC(=O)CCCCCCCCCCCC)OC(=O)CCCCCCCCCCC/C=C\CCCCCCCCCC. The molecule has 0 amide bonds. The first-order valence-corrected chi connectivity index (χ1v) is 31.6. The van der Waals surface area contributed by atoms with Crippen LogP contribution in [0.5, 0.6) is 0 Å². The van der Waals surface area contributed by atoms with E-state index in [1.807, 2.05) is 0 Å². The zero-order valence-corrected chi connectivity index (χ0v) is 48.2. The predicted octanol–water partition coefficient (Wildman–Crippen LogP) is 21.4. The summed E-state index contributed by atoms with van der Waals surface area (Å²) in [6.07, 6.45) is 75.5. The van der Waals surface area contributed by atoms with Gasteiger partial charge in [-0.3, -0.25) is 14.4 Å². The van der Waals surface area contributed by atoms with Crippen molar-refractivity contribution in [3.8, 4) is 0 Å². The lowest BCUT2D eigenvalue weighted by molar-refractivity contribution is -0.167. The quantitative estimate of drug-likeness (QED) is 0.0261. The van der Waals surface area contributed by atoms with Crippen LogP contribution in [0.3, 0.4) is 0 Å². The molecule has 0 saturated carbocycles. The van der Waals surface area contributed by atoms with Crippen LogP contribution in [0.4, 0.5) is 0 Å². The zero-order valence-electron chi connectivity index (χ0n) is 48.2. The molecule has 72 heavy (non-hydrogen) atoms. The fourth-order valence-corrected chi connectivity index (χ4v) is 9.27. The number of hydrogen-bond acceptors (Lipinski definition) is 6. The smallest absolute Gasteiger partial charge is 0.306 e. The van der Waals surface area contributed by atoms with E-state index in [-0.39, 0.29) is 31.1 Å². The summed E-state index contributed by atoms with van der Waals surface area (Å²) < 4.78 is 16.9. The fraction of sp³-hybridized carbons (Fsp3) is 0.833. The van der Waals surface area contributed by atoms with Gasteiger partial charge in [0, 0.05) is 19.3 Å². The van der Waals surface area contributed by atoms with Gasteiger partial charge in [-0.25, -0.2) is 0 Å². The molecule has 0 bridgehead atoms. The zero-order chi connectivity index (χ0) is 52.2. The van der Waals surface area contributed by atoms with E-state index in [1.54, 1.807) is 0 Å². The maximum atomic E-state index is 12.9. The van der Waals surface area contributed by atoms with Gasteiger partial charge in [0.05, 0.1) is 0 Å². The van der Waals surface area contributed by atoms with Crippen molar-refractivity contribution in [2.75, 3.05) is 13.2 Å². The third kappa shape index (κ3) is 58.3. The van der Waals surface area contributed by atoms with Gasteiger partial charge in [-0.1, -0.05) is 281 Å². The van der Waals surface area contributed by atoms with Crippen LogP contribution in [0, 0.1) is 0 Å². The number of esters is 3. The van der Waals surface area contributed by atoms with E-state index in [4.69, 9.17) is 14.2 Å². The third-order valence-electron chi connectivity index (χ3n) is 14.1. The Morgan fingerprint density at radius 2 is 0.500 bits per heavy atom. The molecule has 6 heteroatoms. The summed E-state index contributed by atoms with van der Waals surface area (Å²) in [5.41, 5.74) is 0. The van der Waals surface area contributed by atoms with E-state index >= 15 is 0 Å². The van der Waals surface area contributed by atoms with Crippen LogP contribution in [-0.4, -0.2) is 37.2 Å². The Morgan fingerprint density at radius 1 is 0.278 bits per heavy atom. The first-order chi connectivity index (χ1) is 35.5. The highest BCUT2D eigenvalue weighted by Gasteiger charge is 2.19. The van der Waals surface area contributed by atoms with Crippen molar-refractivity contribution >= 4 is 17.9 Å². The van der Waals surface area contributed by atoms with Crippen molar-refractivity contribution in [3.63, 3.8) is 0 Å². The van der Waals surface area contributed by atoms with Crippen LogP contribution in [-0.2, 0) is 28.6 Å². The Balaban J connectivity index is 4.26. The Labute approximate surface area is 448 Å². The molecule has 0 aliphatic rings. The molecule has 1 unspecified atom stereocenters. The summed E-state index contributed by atoms with van der Waals surface area (Å²) in [4.78, 5) is 38.2. The molecule has 0 aliphatic carbocycles. The lowest BCUT2D eigenvalue weighted by Gasteiger charge is -2.18. The highest BCUT2D eigenvalue weighted by Crippen LogP contribution is 2.16. The number of ether oxygens (including phenoxy) is 3. The lowest BCUT2D eigenvalue weighted by atomic mass is 10.1. The van der Waals surface area contributed by atoms with E-state index in [1.165, 1.54) is 218 Å². The summed E-state index contributed by atoms with van der Waals surface area (Å²) in [6, 6.07) is 0. The molecule has 0 N–H and O–H groups in total. The normalized spacial score (nSPS) is 12.3. The second-order valence-electron chi connectivity index (χ2n) is 21.3. The minimum Gasteiger partial charge on any atom is -0.462 e. The molecule has 0 aromatic rings. The molecule has 0 rings (SSSR count). The Bertz CT molecular complexity index is 1250. The van der Waals surface area contributed by atoms with Crippen LogP contribution in [0.2, 0.25) is 0 Å². The van der Waals surface area contributed by atoms with Crippen molar-refractivity contribution < 1.29 is 28.6 Å². The molecule has 0 heterocycles. The second-order valence-corrected chi connectivity index (χ2v) is 21.3. The van der Waals surface area contributed by atoms with Gasteiger partial charge in [0.1, 0.15) is 13.2 Å². The fourth-order valence-electron chi connectivity index (χ4n) is 9.27. The lowest BCUT2D eigenvalue weighted by Crippen LogP contribution is -2.30. The molecule has 0 aliphatic heterocycles. The Kier molecular flexibility index (Phi) is 58.7. The Morgan fingerprint density at radius 3 is 0.792 bits per heavy atom. The molecular weight excluding hydrogens is 889 g/mol. The van der Waals surface area contributed by atoms with E-state index in [0.717, 1.165) is 77.0 Å².